The molecular weight excluding hydrogens is 580 g/mol. The third-order valence-electron chi connectivity index (χ3n) is 8.06. The first kappa shape index (κ1) is 45.7. The first-order valence-corrected chi connectivity index (χ1v) is 19.6. The Balaban J connectivity index is 5.36. The molecule has 0 amide bonds. The summed E-state index contributed by atoms with van der Waals surface area (Å²) in [5.41, 5.74) is -0.450. The minimum Gasteiger partial charge on any atom is -0.327 e. The average molecular weight is 661 g/mol. The fourth-order valence-electron chi connectivity index (χ4n) is 5.13. The minimum absolute atomic E-state index is 0.0153. The highest BCUT2D eigenvalue weighted by atomic mass is 17.3. The largest absolute Gasteiger partial charge is 0.327 e. The number of hydrogen-bond donors (Lipinski definition) is 0. The highest BCUT2D eigenvalue weighted by molar-refractivity contribution is 4.69. The highest BCUT2D eigenvalue weighted by Gasteiger charge is 2.41. The topological polar surface area (TPSA) is 64.6 Å². The van der Waals surface area contributed by atoms with Crippen molar-refractivity contribution in [1.29, 1.82) is 0 Å². The summed E-state index contributed by atoms with van der Waals surface area (Å²) in [4.78, 5) is 11.8. The van der Waals surface area contributed by atoms with Gasteiger partial charge in [0, 0.05) is 12.8 Å². The van der Waals surface area contributed by atoms with Crippen LogP contribution in [-0.4, -0.2) is 50.1 Å². The van der Waals surface area contributed by atoms with Crippen LogP contribution in [0.4, 0.5) is 0 Å². The zero-order valence-corrected chi connectivity index (χ0v) is 32.5. The Labute approximate surface area is 286 Å². The molecule has 0 aliphatic heterocycles. The number of unbranched alkanes of at least 4 members (excludes halogenated alkanes) is 12. The van der Waals surface area contributed by atoms with Crippen molar-refractivity contribution in [3.05, 3.63) is 0 Å². The van der Waals surface area contributed by atoms with Crippen molar-refractivity contribution in [3.8, 4) is 0 Å². The molecular formula is C39H80O7. The molecule has 3 atom stereocenters. The molecule has 46 heavy (non-hydrogen) atoms. The molecule has 0 rings (SSSR count). The van der Waals surface area contributed by atoms with E-state index in [9.17, 15) is 0 Å². The molecule has 0 aliphatic carbocycles. The van der Waals surface area contributed by atoms with Gasteiger partial charge in [0.2, 0.25) is 0 Å². The average Bonchev–Trinajstić information content (AvgIpc) is 2.99. The molecule has 7 heteroatoms. The molecule has 0 heterocycles. The van der Waals surface area contributed by atoms with E-state index < -0.39 is 17.5 Å². The second kappa shape index (κ2) is 28.5. The van der Waals surface area contributed by atoms with Gasteiger partial charge in [-0.25, -0.2) is 4.89 Å². The van der Waals surface area contributed by atoms with E-state index in [1.54, 1.807) is 0 Å². The quantitative estimate of drug-likeness (QED) is 0.0294. The summed E-state index contributed by atoms with van der Waals surface area (Å²) in [7, 11) is 0. The lowest BCUT2D eigenvalue weighted by molar-refractivity contribution is -0.527. The molecule has 0 aromatic rings. The molecule has 0 aliphatic rings. The van der Waals surface area contributed by atoms with E-state index >= 15 is 0 Å². The molecule has 0 saturated carbocycles. The maximum atomic E-state index is 6.47. The van der Waals surface area contributed by atoms with Crippen molar-refractivity contribution in [1.82, 2.24) is 0 Å². The SMILES string of the molecule is CCCCCCCOOC(CCCCCCC(OCCCCC)(OCCCCCC)OCCC(C)C)(OC(C)CC)OC(C)(C)C. The second-order valence-corrected chi connectivity index (χ2v) is 14.6. The molecule has 0 saturated heterocycles. The van der Waals surface area contributed by atoms with E-state index in [1.165, 1.54) is 38.5 Å². The fraction of sp³-hybridized carbons (Fsp3) is 1.00. The number of ether oxygens (including phenoxy) is 5. The summed E-state index contributed by atoms with van der Waals surface area (Å²) >= 11 is 0. The highest BCUT2D eigenvalue weighted by Crippen LogP contribution is 2.32. The van der Waals surface area contributed by atoms with Crippen LogP contribution >= 0.6 is 0 Å². The Morgan fingerprint density at radius 2 is 0.957 bits per heavy atom. The standard InChI is InChI=1S/C39H80O7/c1-11-15-18-22-27-33-43-46-39(44-36(7)14-4,45-37(8,9)10)30-24-21-20-23-29-38(40-31-25-17-13-3,42-34-28-35(5)6)41-32-26-19-16-12-2/h35-36H,11-34H2,1-10H3. The van der Waals surface area contributed by atoms with Crippen molar-refractivity contribution in [2.75, 3.05) is 26.4 Å². The number of hydrogen-bond acceptors (Lipinski definition) is 7. The van der Waals surface area contributed by atoms with Gasteiger partial charge >= 0.3 is 5.97 Å². The van der Waals surface area contributed by atoms with E-state index in [0.29, 0.717) is 38.8 Å². The second-order valence-electron chi connectivity index (χ2n) is 14.6. The molecule has 0 radical (unpaired) electrons. The Morgan fingerprint density at radius 1 is 0.500 bits per heavy atom. The molecule has 7 nitrogen and oxygen atoms in total. The molecule has 0 N–H and O–H groups in total. The zero-order chi connectivity index (χ0) is 34.6. The predicted octanol–water partition coefficient (Wildman–Crippen LogP) is 12.0. The van der Waals surface area contributed by atoms with Crippen LogP contribution < -0.4 is 0 Å². The van der Waals surface area contributed by atoms with E-state index in [0.717, 1.165) is 83.5 Å². The van der Waals surface area contributed by atoms with Crippen molar-refractivity contribution >= 4 is 0 Å². The van der Waals surface area contributed by atoms with Crippen LogP contribution in [-0.2, 0) is 33.5 Å². The van der Waals surface area contributed by atoms with Gasteiger partial charge in [-0.15, -0.1) is 0 Å². The van der Waals surface area contributed by atoms with Gasteiger partial charge in [0.15, 0.2) is 0 Å². The Morgan fingerprint density at radius 3 is 1.50 bits per heavy atom. The lowest BCUT2D eigenvalue weighted by Gasteiger charge is -2.39. The summed E-state index contributed by atoms with van der Waals surface area (Å²) in [6.07, 6.45) is 20.9. The summed E-state index contributed by atoms with van der Waals surface area (Å²) < 4.78 is 32.3. The lowest BCUT2D eigenvalue weighted by atomic mass is 10.1. The maximum Gasteiger partial charge on any atom is 0.312 e. The van der Waals surface area contributed by atoms with Crippen LogP contribution in [0.5, 0.6) is 0 Å². The summed E-state index contributed by atoms with van der Waals surface area (Å²) in [6, 6.07) is 0. The van der Waals surface area contributed by atoms with E-state index in [-0.39, 0.29) is 6.10 Å². The van der Waals surface area contributed by atoms with Gasteiger partial charge in [0.05, 0.1) is 38.1 Å². The summed E-state index contributed by atoms with van der Waals surface area (Å²) in [6.45, 7) is 24.0. The van der Waals surface area contributed by atoms with Crippen molar-refractivity contribution in [2.45, 2.75) is 221 Å². The van der Waals surface area contributed by atoms with Gasteiger partial charge in [0.1, 0.15) is 0 Å². The Bertz CT molecular complexity index is 653. The smallest absolute Gasteiger partial charge is 0.312 e. The number of rotatable bonds is 34. The zero-order valence-electron chi connectivity index (χ0n) is 32.5. The predicted molar refractivity (Wildman–Crippen MR) is 192 cm³/mol. The third kappa shape index (κ3) is 25.7. The van der Waals surface area contributed by atoms with Crippen LogP contribution in [0.1, 0.15) is 198 Å². The molecule has 3 unspecified atom stereocenters. The van der Waals surface area contributed by atoms with Crippen LogP contribution in [0.25, 0.3) is 0 Å². The van der Waals surface area contributed by atoms with Gasteiger partial charge in [-0.1, -0.05) is 112 Å². The first-order valence-electron chi connectivity index (χ1n) is 19.6. The van der Waals surface area contributed by atoms with Gasteiger partial charge in [-0.3, -0.25) is 0 Å². The Hall–Kier alpha value is -0.280. The first-order chi connectivity index (χ1) is 22.0. The van der Waals surface area contributed by atoms with Crippen LogP contribution in [0.3, 0.4) is 0 Å². The van der Waals surface area contributed by atoms with Crippen LogP contribution in [0.2, 0.25) is 0 Å². The van der Waals surface area contributed by atoms with E-state index in [2.05, 4.69) is 48.5 Å². The van der Waals surface area contributed by atoms with E-state index in [1.807, 2.05) is 20.8 Å². The fourth-order valence-corrected chi connectivity index (χ4v) is 5.13. The van der Waals surface area contributed by atoms with Gasteiger partial charge in [-0.05, 0) is 78.6 Å². The maximum absolute atomic E-state index is 6.47. The summed E-state index contributed by atoms with van der Waals surface area (Å²) in [5, 5.41) is 0. The normalized spacial score (nSPS) is 15.7. The summed E-state index contributed by atoms with van der Waals surface area (Å²) in [5.74, 6) is -1.62. The van der Waals surface area contributed by atoms with Gasteiger partial charge in [0.25, 0.3) is 5.97 Å². The monoisotopic (exact) mass is 661 g/mol. The molecule has 0 fully saturated rings. The molecule has 278 valence electrons. The van der Waals surface area contributed by atoms with Gasteiger partial charge < -0.3 is 23.7 Å². The molecule has 0 aromatic heterocycles. The van der Waals surface area contributed by atoms with Crippen molar-refractivity contribution in [3.63, 3.8) is 0 Å². The van der Waals surface area contributed by atoms with Gasteiger partial charge in [-0.2, -0.15) is 4.89 Å². The Kier molecular flexibility index (Phi) is 28.4. The lowest BCUT2D eigenvalue weighted by Crippen LogP contribution is -2.46. The van der Waals surface area contributed by atoms with Crippen molar-refractivity contribution < 1.29 is 33.5 Å². The molecule has 0 spiro atoms. The molecule has 0 aromatic carbocycles. The molecule has 0 bridgehead atoms. The van der Waals surface area contributed by atoms with Crippen LogP contribution in [0, 0.1) is 5.92 Å². The van der Waals surface area contributed by atoms with Crippen molar-refractivity contribution in [2.24, 2.45) is 5.92 Å². The third-order valence-corrected chi connectivity index (χ3v) is 8.06. The van der Waals surface area contributed by atoms with E-state index in [4.69, 9.17) is 33.5 Å². The minimum atomic E-state index is -1.23. The van der Waals surface area contributed by atoms with Crippen LogP contribution in [0.15, 0.2) is 0 Å².